The van der Waals surface area contributed by atoms with E-state index in [2.05, 4.69) is 28.5 Å². The van der Waals surface area contributed by atoms with Crippen molar-refractivity contribution < 1.29 is 54.4 Å². The van der Waals surface area contributed by atoms with E-state index in [0.717, 1.165) is 49.1 Å². The van der Waals surface area contributed by atoms with Gasteiger partial charge in [-0.1, -0.05) is 36.8 Å². The van der Waals surface area contributed by atoms with E-state index in [1.54, 1.807) is 12.1 Å². The monoisotopic (exact) mass is 758 g/mol. The maximum atomic E-state index is 13.7. The van der Waals surface area contributed by atoms with Gasteiger partial charge in [-0.05, 0) is 84.7 Å². The molecule has 0 amide bonds. The number of nitrogens with one attached hydrogen (secondary N) is 1. The van der Waals surface area contributed by atoms with E-state index in [-0.39, 0.29) is 34.8 Å². The van der Waals surface area contributed by atoms with Crippen LogP contribution in [-0.4, -0.2) is 98.0 Å². The minimum absolute atomic E-state index is 0.00644. The largest absolute Gasteiger partial charge is 0.508 e. The number of carboxylic acid groups (broad SMARTS) is 1. The Bertz CT molecular complexity index is 2270. The van der Waals surface area contributed by atoms with E-state index in [9.17, 15) is 45.3 Å². The number of phenols is 3. The molecule has 55 heavy (non-hydrogen) atoms. The molecule has 0 unspecified atom stereocenters. The number of allylic oxidation sites excluding steroid dienone is 1. The van der Waals surface area contributed by atoms with E-state index in [0.29, 0.717) is 11.1 Å². The van der Waals surface area contributed by atoms with E-state index in [1.807, 2.05) is 19.2 Å². The highest BCUT2D eigenvalue weighted by Crippen LogP contribution is 2.54. The third-order valence-corrected chi connectivity index (χ3v) is 10.9. The second-order valence-corrected chi connectivity index (χ2v) is 14.3. The summed E-state index contributed by atoms with van der Waals surface area (Å²) in [6.45, 7) is -0.102. The molecule has 12 N–H and O–H groups in total. The SMILES string of the molecule is CNC[C@@H]1CCC[C@@H]2c3ccccc3C=C(c3cc(O)ccc3-c3cc(=O)c4c(O)c(O)c(O[C@@H]5O[C@H](C(=O)O)[C@@H](O)[C@@](O)(CN=C(N)N)[C@H]5O)cc4o3)[C@H]12. The highest BCUT2D eigenvalue weighted by molar-refractivity contribution is 5.94. The van der Waals surface area contributed by atoms with Crippen molar-refractivity contribution in [2.45, 2.75) is 55.4 Å². The molecule has 0 bridgehead atoms. The number of phenolic OH excluding ortho intramolecular Hbond substituents is 3. The summed E-state index contributed by atoms with van der Waals surface area (Å²) in [5.41, 5.74) is 11.3. The van der Waals surface area contributed by atoms with Crippen LogP contribution in [0.3, 0.4) is 0 Å². The van der Waals surface area contributed by atoms with Gasteiger partial charge in [-0.25, -0.2) is 4.79 Å². The van der Waals surface area contributed by atoms with Gasteiger partial charge < -0.3 is 66.4 Å². The van der Waals surface area contributed by atoms with Crippen LogP contribution >= 0.6 is 0 Å². The molecule has 16 nitrogen and oxygen atoms in total. The average molecular weight is 759 g/mol. The summed E-state index contributed by atoms with van der Waals surface area (Å²) >= 11 is 0. The fourth-order valence-electron chi connectivity index (χ4n) is 8.36. The van der Waals surface area contributed by atoms with Crippen molar-refractivity contribution in [3.05, 3.63) is 81.5 Å². The Morgan fingerprint density at radius 2 is 1.78 bits per heavy atom. The summed E-state index contributed by atoms with van der Waals surface area (Å²) < 4.78 is 17.2. The third-order valence-electron chi connectivity index (χ3n) is 10.9. The quantitative estimate of drug-likeness (QED) is 0.0661. The Hall–Kier alpha value is -5.65. The zero-order valence-electron chi connectivity index (χ0n) is 29.6. The molecule has 1 saturated carbocycles. The number of ether oxygens (including phenoxy) is 2. The van der Waals surface area contributed by atoms with Gasteiger partial charge in [0.25, 0.3) is 0 Å². The van der Waals surface area contributed by atoms with E-state index in [4.69, 9.17) is 25.4 Å². The number of benzene rings is 3. The smallest absolute Gasteiger partial charge is 0.335 e. The molecule has 0 radical (unpaired) electrons. The maximum Gasteiger partial charge on any atom is 0.335 e. The summed E-state index contributed by atoms with van der Waals surface area (Å²) in [4.78, 5) is 29.3. The Morgan fingerprint density at radius 1 is 1.02 bits per heavy atom. The Balaban J connectivity index is 1.33. The second-order valence-electron chi connectivity index (χ2n) is 14.3. The molecule has 16 heteroatoms. The lowest BCUT2D eigenvalue weighted by atomic mass is 9.61. The number of rotatable bonds is 9. The number of hydrogen-bond donors (Lipinski definition) is 10. The van der Waals surface area contributed by atoms with Gasteiger partial charge in [0.05, 0.1) is 6.54 Å². The van der Waals surface area contributed by atoms with Gasteiger partial charge in [-0.15, -0.1) is 0 Å². The van der Waals surface area contributed by atoms with Crippen LogP contribution in [0.4, 0.5) is 0 Å². The number of carbonyl (C=O) groups is 1. The number of aliphatic hydroxyl groups is 3. The van der Waals surface area contributed by atoms with Gasteiger partial charge in [0, 0.05) is 17.7 Å². The minimum Gasteiger partial charge on any atom is -0.508 e. The number of fused-ring (bicyclic) bond motifs is 4. The molecule has 3 aliphatic rings. The van der Waals surface area contributed by atoms with Gasteiger partial charge in [0.2, 0.25) is 12.0 Å². The lowest BCUT2D eigenvalue weighted by Crippen LogP contribution is -2.70. The highest BCUT2D eigenvalue weighted by Gasteiger charge is 2.58. The van der Waals surface area contributed by atoms with Crippen molar-refractivity contribution in [3.63, 3.8) is 0 Å². The number of nitrogens with zero attached hydrogens (tertiary/aromatic N) is 1. The molecule has 2 aliphatic carbocycles. The first kappa shape index (κ1) is 37.7. The first-order chi connectivity index (χ1) is 26.2. The van der Waals surface area contributed by atoms with Crippen molar-refractivity contribution in [2.75, 3.05) is 20.1 Å². The van der Waals surface area contributed by atoms with Crippen molar-refractivity contribution in [3.8, 4) is 34.3 Å². The Kier molecular flexibility index (Phi) is 9.95. The molecular weight excluding hydrogens is 716 g/mol. The van der Waals surface area contributed by atoms with E-state index < -0.39 is 76.7 Å². The summed E-state index contributed by atoms with van der Waals surface area (Å²) in [6, 6.07) is 15.1. The van der Waals surface area contributed by atoms with Gasteiger partial charge >= 0.3 is 5.97 Å². The zero-order valence-corrected chi connectivity index (χ0v) is 29.6. The summed E-state index contributed by atoms with van der Waals surface area (Å²) in [5.74, 6) is -4.30. The molecule has 8 atom stereocenters. The first-order valence-corrected chi connectivity index (χ1v) is 17.7. The molecule has 1 saturated heterocycles. The van der Waals surface area contributed by atoms with Crippen molar-refractivity contribution >= 4 is 34.5 Å². The molecule has 1 aliphatic heterocycles. The fraction of sp³-hybridized carbons (Fsp3) is 0.359. The van der Waals surface area contributed by atoms with Crippen molar-refractivity contribution in [1.82, 2.24) is 5.32 Å². The molecule has 3 aromatic carbocycles. The van der Waals surface area contributed by atoms with Crippen LogP contribution in [0, 0.1) is 11.8 Å². The fourth-order valence-corrected chi connectivity index (χ4v) is 8.36. The number of guanidine groups is 1. The number of nitrogens with two attached hydrogens (primary N) is 2. The van der Waals surface area contributed by atoms with Crippen molar-refractivity contribution in [1.29, 1.82) is 0 Å². The first-order valence-electron chi connectivity index (χ1n) is 17.7. The molecule has 2 heterocycles. The number of aromatic hydroxyl groups is 3. The Labute approximate surface area is 313 Å². The van der Waals surface area contributed by atoms with Gasteiger partial charge in [-0.2, -0.15) is 0 Å². The topological polar surface area (TPSA) is 284 Å². The summed E-state index contributed by atoms with van der Waals surface area (Å²) in [5, 5.41) is 78.3. The van der Waals surface area contributed by atoms with Crippen LogP contribution < -0.4 is 26.9 Å². The Morgan fingerprint density at radius 3 is 2.51 bits per heavy atom. The molecule has 2 fully saturated rings. The van der Waals surface area contributed by atoms with Gasteiger partial charge in [0.1, 0.15) is 40.3 Å². The predicted octanol–water partition coefficient (Wildman–Crippen LogP) is 1.76. The number of hydrogen-bond acceptors (Lipinski definition) is 13. The molecule has 7 rings (SSSR count). The standard InChI is InChI=1S/C39H42N4O12/c1-42-15-18-6-4-8-22-20-7-3-2-5-17(20)11-24(29(18)22)23-12-19(44)9-10-21(23)26-13-25(45)30-27(53-26)14-28(31(46)32(30)47)54-37-35(49)39(52,16-43-38(40)41)34(48)33(55-37)36(50)51/h2-3,5,7,9-14,18,22,29,33-35,37,42,44,46-49,52H,4,6,8,15-16H2,1H3,(H,50,51)(H4,40,41,43)/t18-,22+,29+,33-,34+,35-,37+,39-/m0/s1. The number of aliphatic imine (C=N–C) groups is 1. The molecule has 4 aromatic rings. The van der Waals surface area contributed by atoms with Crippen LogP contribution in [-0.2, 0) is 9.53 Å². The normalized spacial score (nSPS) is 27.4. The lowest BCUT2D eigenvalue weighted by Gasteiger charge is -2.45. The van der Waals surface area contributed by atoms with Crippen LogP contribution in [0.1, 0.15) is 41.9 Å². The molecule has 1 aromatic heterocycles. The summed E-state index contributed by atoms with van der Waals surface area (Å²) in [6.07, 6.45) is -3.60. The highest BCUT2D eigenvalue weighted by atomic mass is 16.7. The maximum absolute atomic E-state index is 13.7. The number of aliphatic hydroxyl groups excluding tert-OH is 2. The minimum atomic E-state index is -2.72. The summed E-state index contributed by atoms with van der Waals surface area (Å²) in [7, 11) is 1.92. The van der Waals surface area contributed by atoms with Crippen LogP contribution in [0.2, 0.25) is 0 Å². The molecule has 0 spiro atoms. The average Bonchev–Trinajstić information content (AvgIpc) is 3.15. The second kappa shape index (κ2) is 14.5. The van der Waals surface area contributed by atoms with Crippen LogP contribution in [0.5, 0.6) is 23.0 Å². The third kappa shape index (κ3) is 6.61. The van der Waals surface area contributed by atoms with Crippen LogP contribution in [0.15, 0.2) is 68.8 Å². The van der Waals surface area contributed by atoms with Crippen LogP contribution in [0.25, 0.3) is 33.9 Å². The van der Waals surface area contributed by atoms with E-state index in [1.165, 1.54) is 11.6 Å². The zero-order chi connectivity index (χ0) is 39.3. The van der Waals surface area contributed by atoms with E-state index >= 15 is 0 Å². The predicted molar refractivity (Wildman–Crippen MR) is 199 cm³/mol. The van der Waals surface area contributed by atoms with Crippen molar-refractivity contribution in [2.24, 2.45) is 28.3 Å². The number of carboxylic acids is 1. The molecule has 290 valence electrons. The number of aliphatic carboxylic acids is 1. The van der Waals surface area contributed by atoms with Gasteiger partial charge in [-0.3, -0.25) is 9.79 Å². The van der Waals surface area contributed by atoms with Gasteiger partial charge in [0.15, 0.2) is 29.0 Å². The molecular formula is C39H42N4O12. The lowest BCUT2D eigenvalue weighted by molar-refractivity contribution is -0.303.